The maximum Gasteiger partial charge on any atom is 0.169 e. The summed E-state index contributed by atoms with van der Waals surface area (Å²) in [5, 5.41) is 0. The Labute approximate surface area is 87.1 Å². The van der Waals surface area contributed by atoms with Crippen LogP contribution in [0, 0.1) is 23.0 Å². The molecule has 0 spiro atoms. The molecule has 1 nitrogen and oxygen atoms in total. The molecule has 0 N–H and O–H groups in total. The van der Waals surface area contributed by atoms with Crippen molar-refractivity contribution in [2.45, 2.75) is 20.3 Å². The monoisotopic (exact) mass is 210 g/mol. The molecule has 80 valence electrons. The third-order valence-corrected chi connectivity index (χ3v) is 3.05. The van der Waals surface area contributed by atoms with Crippen LogP contribution in [0.25, 0.3) is 0 Å². The summed E-state index contributed by atoms with van der Waals surface area (Å²) in [4.78, 5) is 11.8. The Hall–Kier alpha value is -1.25. The number of benzene rings is 1. The lowest BCUT2D eigenvalue weighted by molar-refractivity contribution is 0.0948. The quantitative estimate of drug-likeness (QED) is 0.685. The van der Waals surface area contributed by atoms with Crippen LogP contribution >= 0.6 is 0 Å². The number of hydrogen-bond acceptors (Lipinski definition) is 1. The van der Waals surface area contributed by atoms with Crippen LogP contribution in [0.15, 0.2) is 18.2 Å². The minimum absolute atomic E-state index is 0.0597. The van der Waals surface area contributed by atoms with Gasteiger partial charge in [-0.05, 0) is 24.0 Å². The van der Waals surface area contributed by atoms with Crippen LogP contribution in [0.4, 0.5) is 8.78 Å². The highest BCUT2D eigenvalue weighted by molar-refractivity contribution is 6.00. The first-order chi connectivity index (χ1) is 6.93. The second kappa shape index (κ2) is 3.12. The molecule has 0 aliphatic heterocycles. The minimum atomic E-state index is -1.02. The molecule has 0 heterocycles. The van der Waals surface area contributed by atoms with Crippen LogP contribution in [0.1, 0.15) is 30.6 Å². The Kier molecular flexibility index (Phi) is 2.14. The lowest BCUT2D eigenvalue weighted by Gasteiger charge is -2.04. The van der Waals surface area contributed by atoms with Crippen LogP contribution in [0.3, 0.4) is 0 Å². The average molecular weight is 210 g/mol. The second-order valence-corrected chi connectivity index (χ2v) is 4.71. The largest absolute Gasteiger partial charge is 0.294 e. The first-order valence-electron chi connectivity index (χ1n) is 4.92. The molecule has 1 aromatic carbocycles. The molecular weight excluding hydrogens is 198 g/mol. The number of Topliss-reactive ketones (excluding diaryl/α,β-unsaturated/α-hetero) is 1. The van der Waals surface area contributed by atoms with Gasteiger partial charge in [-0.1, -0.05) is 19.9 Å². The van der Waals surface area contributed by atoms with Gasteiger partial charge in [0.25, 0.3) is 0 Å². The van der Waals surface area contributed by atoms with Crippen molar-refractivity contribution >= 4 is 5.78 Å². The number of ketones is 1. The molecule has 1 saturated carbocycles. The molecule has 3 heteroatoms. The maximum absolute atomic E-state index is 13.3. The van der Waals surface area contributed by atoms with Crippen molar-refractivity contribution in [3.8, 4) is 0 Å². The summed E-state index contributed by atoms with van der Waals surface area (Å²) >= 11 is 0. The summed E-state index contributed by atoms with van der Waals surface area (Å²) < 4.78 is 26.2. The van der Waals surface area contributed by atoms with Crippen LogP contribution in [0.2, 0.25) is 0 Å². The highest BCUT2D eigenvalue weighted by atomic mass is 19.2. The van der Waals surface area contributed by atoms with Crippen LogP contribution < -0.4 is 0 Å². The predicted molar refractivity (Wildman–Crippen MR) is 52.6 cm³/mol. The van der Waals surface area contributed by atoms with Gasteiger partial charge in [-0.3, -0.25) is 4.79 Å². The SMILES string of the molecule is CC1(C)CC1C(=O)c1cccc(F)c1F. The van der Waals surface area contributed by atoms with E-state index in [1.165, 1.54) is 12.1 Å². The molecule has 0 aromatic heterocycles. The van der Waals surface area contributed by atoms with E-state index in [1.54, 1.807) is 0 Å². The number of hydrogen-bond donors (Lipinski definition) is 0. The van der Waals surface area contributed by atoms with E-state index in [1.807, 2.05) is 13.8 Å². The highest BCUT2D eigenvalue weighted by Gasteiger charge is 2.51. The van der Waals surface area contributed by atoms with E-state index in [0.29, 0.717) is 0 Å². The predicted octanol–water partition coefficient (Wildman–Crippen LogP) is 3.19. The van der Waals surface area contributed by atoms with Crippen molar-refractivity contribution in [1.82, 2.24) is 0 Å². The van der Waals surface area contributed by atoms with Gasteiger partial charge in [0.05, 0.1) is 5.56 Å². The Bertz CT molecular complexity index is 424. The molecule has 0 radical (unpaired) electrons. The van der Waals surface area contributed by atoms with Crippen LogP contribution in [-0.4, -0.2) is 5.78 Å². The molecule has 1 atom stereocenters. The van der Waals surface area contributed by atoms with Gasteiger partial charge in [0.1, 0.15) is 0 Å². The highest BCUT2D eigenvalue weighted by Crippen LogP contribution is 2.53. The Morgan fingerprint density at radius 2 is 2.00 bits per heavy atom. The normalized spacial score (nSPS) is 22.5. The van der Waals surface area contributed by atoms with Gasteiger partial charge in [-0.15, -0.1) is 0 Å². The maximum atomic E-state index is 13.3. The van der Waals surface area contributed by atoms with Crippen LogP contribution in [0.5, 0.6) is 0 Å². The first-order valence-corrected chi connectivity index (χ1v) is 4.92. The van der Waals surface area contributed by atoms with Crippen molar-refractivity contribution in [1.29, 1.82) is 0 Å². The molecule has 0 amide bonds. The molecule has 0 saturated heterocycles. The summed E-state index contributed by atoms with van der Waals surface area (Å²) in [5.41, 5.74) is -0.180. The summed E-state index contributed by atoms with van der Waals surface area (Å²) in [5.74, 6) is -2.42. The van der Waals surface area contributed by atoms with Gasteiger partial charge in [-0.25, -0.2) is 8.78 Å². The Balaban J connectivity index is 2.31. The van der Waals surface area contributed by atoms with E-state index in [-0.39, 0.29) is 22.7 Å². The van der Waals surface area contributed by atoms with Gasteiger partial charge < -0.3 is 0 Å². The van der Waals surface area contributed by atoms with E-state index in [2.05, 4.69) is 0 Å². The lowest BCUT2D eigenvalue weighted by atomic mass is 10.0. The molecule has 0 bridgehead atoms. The Morgan fingerprint density at radius 3 is 2.53 bits per heavy atom. The van der Waals surface area contributed by atoms with Gasteiger partial charge in [0.15, 0.2) is 17.4 Å². The van der Waals surface area contributed by atoms with Gasteiger partial charge in [0, 0.05) is 5.92 Å². The molecule has 1 aromatic rings. The fraction of sp³-hybridized carbons (Fsp3) is 0.417. The third-order valence-electron chi connectivity index (χ3n) is 3.05. The summed E-state index contributed by atoms with van der Waals surface area (Å²) in [6.07, 6.45) is 0.752. The molecule has 1 aliphatic rings. The van der Waals surface area contributed by atoms with E-state index < -0.39 is 11.6 Å². The minimum Gasteiger partial charge on any atom is -0.294 e. The Morgan fingerprint density at radius 1 is 1.40 bits per heavy atom. The summed E-state index contributed by atoms with van der Waals surface area (Å²) in [7, 11) is 0. The van der Waals surface area contributed by atoms with E-state index in [0.717, 1.165) is 12.5 Å². The van der Waals surface area contributed by atoms with Gasteiger partial charge >= 0.3 is 0 Å². The van der Waals surface area contributed by atoms with Crippen molar-refractivity contribution in [3.05, 3.63) is 35.4 Å². The lowest BCUT2D eigenvalue weighted by Crippen LogP contribution is -2.09. The zero-order valence-corrected chi connectivity index (χ0v) is 8.68. The third kappa shape index (κ3) is 1.66. The van der Waals surface area contributed by atoms with Gasteiger partial charge in [0.2, 0.25) is 0 Å². The van der Waals surface area contributed by atoms with Crippen molar-refractivity contribution in [2.24, 2.45) is 11.3 Å². The number of halogens is 2. The zero-order valence-electron chi connectivity index (χ0n) is 8.68. The van der Waals surface area contributed by atoms with E-state index >= 15 is 0 Å². The molecule has 2 rings (SSSR count). The summed E-state index contributed by atoms with van der Waals surface area (Å²) in [6.45, 7) is 3.90. The average Bonchev–Trinajstić information content (AvgIpc) is 2.79. The van der Waals surface area contributed by atoms with Gasteiger partial charge in [-0.2, -0.15) is 0 Å². The number of carbonyl (C=O) groups excluding carboxylic acids is 1. The number of rotatable bonds is 2. The molecule has 15 heavy (non-hydrogen) atoms. The van der Waals surface area contributed by atoms with Crippen LogP contribution in [-0.2, 0) is 0 Å². The zero-order chi connectivity index (χ0) is 11.2. The van der Waals surface area contributed by atoms with Crippen molar-refractivity contribution in [2.75, 3.05) is 0 Å². The summed E-state index contributed by atoms with van der Waals surface area (Å²) in [6, 6.07) is 3.72. The second-order valence-electron chi connectivity index (χ2n) is 4.71. The van der Waals surface area contributed by atoms with E-state index in [4.69, 9.17) is 0 Å². The molecular formula is C12H12F2O. The van der Waals surface area contributed by atoms with Crippen molar-refractivity contribution in [3.63, 3.8) is 0 Å². The van der Waals surface area contributed by atoms with Crippen molar-refractivity contribution < 1.29 is 13.6 Å². The molecule has 1 unspecified atom stereocenters. The molecule has 1 fully saturated rings. The van der Waals surface area contributed by atoms with E-state index in [9.17, 15) is 13.6 Å². The fourth-order valence-electron chi connectivity index (χ4n) is 1.80. The molecule has 1 aliphatic carbocycles. The standard InChI is InChI=1S/C12H12F2O/c1-12(2)6-8(12)11(15)7-4-3-5-9(13)10(7)14/h3-5,8H,6H2,1-2H3. The topological polar surface area (TPSA) is 17.1 Å². The first kappa shape index (κ1) is 10.3. The fourth-order valence-corrected chi connectivity index (χ4v) is 1.80. The number of carbonyl (C=O) groups is 1. The smallest absolute Gasteiger partial charge is 0.169 e.